The number of carbonyl (C=O) groups excluding carboxylic acids is 2. The van der Waals surface area contributed by atoms with Gasteiger partial charge in [-0.05, 0) is 48.4 Å². The van der Waals surface area contributed by atoms with Gasteiger partial charge in [-0.15, -0.1) is 0 Å². The van der Waals surface area contributed by atoms with Crippen molar-refractivity contribution in [3.05, 3.63) is 53.1 Å². The Morgan fingerprint density at radius 2 is 1.71 bits per heavy atom. The second kappa shape index (κ2) is 11.0. The Kier molecular flexibility index (Phi) is 8.66. The molecule has 2 aromatic carbocycles. The molecule has 168 valence electrons. The Morgan fingerprint density at radius 3 is 2.29 bits per heavy atom. The Morgan fingerprint density at radius 1 is 1.06 bits per heavy atom. The molecule has 0 aliphatic rings. The molecule has 2 rings (SSSR count). The lowest BCUT2D eigenvalue weighted by molar-refractivity contribution is -0.123. The quantitative estimate of drug-likeness (QED) is 0.457. The van der Waals surface area contributed by atoms with Crippen LogP contribution < -0.4 is 25.2 Å². The van der Waals surface area contributed by atoms with E-state index < -0.39 is 27.9 Å². The monoisotopic (exact) mass is 469 g/mol. The Hall–Kier alpha value is -2.82. The summed E-state index contributed by atoms with van der Waals surface area (Å²) in [5.41, 5.74) is 5.88. The maximum Gasteiger partial charge on any atom is 0.241 e. The number of ether oxygens (including phenoxy) is 2. The third kappa shape index (κ3) is 7.12. The zero-order valence-electron chi connectivity index (χ0n) is 17.1. The normalized spacial score (nSPS) is 12.1. The topological polar surface area (TPSA) is 137 Å². The van der Waals surface area contributed by atoms with Crippen molar-refractivity contribution in [1.82, 2.24) is 10.0 Å². The second-order valence-electron chi connectivity index (χ2n) is 6.54. The summed E-state index contributed by atoms with van der Waals surface area (Å²) in [6.07, 6.45) is -0.266. The van der Waals surface area contributed by atoms with E-state index in [2.05, 4.69) is 10.0 Å². The summed E-state index contributed by atoms with van der Waals surface area (Å²) in [6, 6.07) is 9.39. The molecule has 0 heterocycles. The largest absolute Gasteiger partial charge is 0.493 e. The number of nitrogens with one attached hydrogen (secondary N) is 2. The molecule has 0 saturated heterocycles. The Bertz CT molecular complexity index is 1030. The standard InChI is InChI=1S/C20H24ClN3O6S/c1-29-17-9-3-13(11-18(17)30-2)12-23-20(26)16(8-10-19(22)25)24-31(27,28)15-6-4-14(21)5-7-15/h3-7,9,11,16,24H,8,10,12H2,1-2H3,(H2,22,25)(H,23,26). The van der Waals surface area contributed by atoms with Gasteiger partial charge in [0.25, 0.3) is 0 Å². The first-order chi connectivity index (χ1) is 14.7. The molecule has 9 nitrogen and oxygen atoms in total. The van der Waals surface area contributed by atoms with Gasteiger partial charge in [-0.3, -0.25) is 9.59 Å². The summed E-state index contributed by atoms with van der Waals surface area (Å²) in [5, 5.41) is 3.03. The fourth-order valence-corrected chi connectivity index (χ4v) is 4.06. The van der Waals surface area contributed by atoms with Gasteiger partial charge in [0, 0.05) is 18.0 Å². The van der Waals surface area contributed by atoms with Gasteiger partial charge in [0.2, 0.25) is 21.8 Å². The zero-order chi connectivity index (χ0) is 23.0. The molecule has 2 amide bonds. The van der Waals surface area contributed by atoms with Crippen molar-refractivity contribution < 1.29 is 27.5 Å². The van der Waals surface area contributed by atoms with Gasteiger partial charge < -0.3 is 20.5 Å². The van der Waals surface area contributed by atoms with Gasteiger partial charge in [-0.2, -0.15) is 4.72 Å². The summed E-state index contributed by atoms with van der Waals surface area (Å²) in [4.78, 5) is 23.8. The van der Waals surface area contributed by atoms with Crippen LogP contribution in [0.25, 0.3) is 0 Å². The third-order valence-electron chi connectivity index (χ3n) is 4.33. The van der Waals surface area contributed by atoms with Crippen molar-refractivity contribution in [3.8, 4) is 11.5 Å². The fraction of sp³-hybridized carbons (Fsp3) is 0.300. The Balaban J connectivity index is 2.14. The number of hydrogen-bond donors (Lipinski definition) is 3. The molecule has 0 aliphatic carbocycles. The fourth-order valence-electron chi connectivity index (χ4n) is 2.70. The lowest BCUT2D eigenvalue weighted by Gasteiger charge is -2.18. The number of primary amides is 1. The molecule has 0 bridgehead atoms. The van der Waals surface area contributed by atoms with Crippen molar-refractivity contribution in [1.29, 1.82) is 0 Å². The number of halogens is 1. The molecule has 1 atom stereocenters. The van der Waals surface area contributed by atoms with E-state index in [1.165, 1.54) is 38.5 Å². The van der Waals surface area contributed by atoms with E-state index in [4.69, 9.17) is 26.8 Å². The van der Waals surface area contributed by atoms with Crippen LogP contribution in [-0.4, -0.2) is 40.5 Å². The molecule has 31 heavy (non-hydrogen) atoms. The number of carbonyl (C=O) groups is 2. The van der Waals surface area contributed by atoms with Gasteiger partial charge in [-0.1, -0.05) is 17.7 Å². The van der Waals surface area contributed by atoms with Gasteiger partial charge >= 0.3 is 0 Å². The van der Waals surface area contributed by atoms with Crippen LogP contribution in [0.5, 0.6) is 11.5 Å². The number of benzene rings is 2. The van der Waals surface area contributed by atoms with Crippen LogP contribution in [0.3, 0.4) is 0 Å². The Labute approximate surface area is 185 Å². The first kappa shape index (κ1) is 24.4. The van der Waals surface area contributed by atoms with Crippen molar-refractivity contribution >= 4 is 33.4 Å². The van der Waals surface area contributed by atoms with E-state index in [1.54, 1.807) is 18.2 Å². The highest BCUT2D eigenvalue weighted by Gasteiger charge is 2.26. The second-order valence-corrected chi connectivity index (χ2v) is 8.69. The van der Waals surface area contributed by atoms with Gasteiger partial charge in [0.05, 0.1) is 19.1 Å². The molecular formula is C20H24ClN3O6S. The van der Waals surface area contributed by atoms with Crippen LogP contribution in [-0.2, 0) is 26.2 Å². The van der Waals surface area contributed by atoms with E-state index in [0.29, 0.717) is 22.1 Å². The first-order valence-corrected chi connectivity index (χ1v) is 11.1. The van der Waals surface area contributed by atoms with Gasteiger partial charge in [0.15, 0.2) is 11.5 Å². The smallest absolute Gasteiger partial charge is 0.241 e. The van der Waals surface area contributed by atoms with Crippen molar-refractivity contribution in [2.24, 2.45) is 5.73 Å². The molecular weight excluding hydrogens is 446 g/mol. The molecule has 4 N–H and O–H groups in total. The van der Waals surface area contributed by atoms with Gasteiger partial charge in [-0.25, -0.2) is 8.42 Å². The van der Waals surface area contributed by atoms with Crippen LogP contribution in [0, 0.1) is 0 Å². The number of methoxy groups -OCH3 is 2. The van der Waals surface area contributed by atoms with Crippen LogP contribution in [0.1, 0.15) is 18.4 Å². The van der Waals surface area contributed by atoms with Gasteiger partial charge in [0.1, 0.15) is 6.04 Å². The number of sulfonamides is 1. The lowest BCUT2D eigenvalue weighted by Crippen LogP contribution is -2.46. The maximum absolute atomic E-state index is 12.7. The minimum absolute atomic E-state index is 0.0614. The highest BCUT2D eigenvalue weighted by molar-refractivity contribution is 7.89. The SMILES string of the molecule is COc1ccc(CNC(=O)C(CCC(N)=O)NS(=O)(=O)c2ccc(Cl)cc2)cc1OC. The molecule has 0 aromatic heterocycles. The third-order valence-corrected chi connectivity index (χ3v) is 6.07. The average Bonchev–Trinajstić information content (AvgIpc) is 2.74. The summed E-state index contributed by atoms with van der Waals surface area (Å²) in [5.74, 6) is -0.229. The summed E-state index contributed by atoms with van der Waals surface area (Å²) >= 11 is 5.80. The summed E-state index contributed by atoms with van der Waals surface area (Å²) in [7, 11) is -1.03. The first-order valence-electron chi connectivity index (χ1n) is 9.21. The van der Waals surface area contributed by atoms with E-state index in [9.17, 15) is 18.0 Å². The van der Waals surface area contributed by atoms with Crippen LogP contribution in [0.15, 0.2) is 47.4 Å². The highest BCUT2D eigenvalue weighted by atomic mass is 35.5. The van der Waals surface area contributed by atoms with E-state index in [-0.39, 0.29) is 24.3 Å². The average molecular weight is 470 g/mol. The molecule has 1 unspecified atom stereocenters. The van der Waals surface area contributed by atoms with Crippen LogP contribution in [0.4, 0.5) is 0 Å². The summed E-state index contributed by atoms with van der Waals surface area (Å²) in [6.45, 7) is 0.106. The predicted molar refractivity (Wildman–Crippen MR) is 115 cm³/mol. The molecule has 2 aromatic rings. The van der Waals surface area contributed by atoms with Crippen molar-refractivity contribution in [2.45, 2.75) is 30.3 Å². The predicted octanol–water partition coefficient (Wildman–Crippen LogP) is 1.59. The van der Waals surface area contributed by atoms with Crippen LogP contribution in [0.2, 0.25) is 5.02 Å². The highest BCUT2D eigenvalue weighted by Crippen LogP contribution is 2.27. The zero-order valence-corrected chi connectivity index (χ0v) is 18.6. The van der Waals surface area contributed by atoms with E-state index in [1.807, 2.05) is 0 Å². The number of amides is 2. The molecule has 0 radical (unpaired) electrons. The van der Waals surface area contributed by atoms with Crippen molar-refractivity contribution in [2.75, 3.05) is 14.2 Å². The van der Waals surface area contributed by atoms with Crippen molar-refractivity contribution in [3.63, 3.8) is 0 Å². The molecule has 0 saturated carbocycles. The molecule has 0 fully saturated rings. The van der Waals surface area contributed by atoms with E-state index in [0.717, 1.165) is 0 Å². The number of hydrogen-bond acceptors (Lipinski definition) is 6. The minimum Gasteiger partial charge on any atom is -0.493 e. The summed E-state index contributed by atoms with van der Waals surface area (Å²) < 4.78 is 38.0. The molecule has 11 heteroatoms. The number of rotatable bonds is 11. The van der Waals surface area contributed by atoms with E-state index >= 15 is 0 Å². The number of nitrogens with two attached hydrogens (primary N) is 1. The lowest BCUT2D eigenvalue weighted by atomic mass is 10.1. The molecule has 0 aliphatic heterocycles. The maximum atomic E-state index is 12.7. The minimum atomic E-state index is -4.03. The van der Waals surface area contributed by atoms with Crippen LogP contribution >= 0.6 is 11.6 Å². The molecule has 0 spiro atoms.